The molecule has 15 heavy (non-hydrogen) atoms. The highest BCUT2D eigenvalue weighted by Crippen LogP contribution is 2.71. The molecule has 0 aromatic rings. The van der Waals surface area contributed by atoms with Gasteiger partial charge in [0, 0.05) is 11.8 Å². The molecule has 82 valence electrons. The molecule has 0 saturated heterocycles. The van der Waals surface area contributed by atoms with Crippen LogP contribution < -0.4 is 0 Å². The molecule has 5 atom stereocenters. The molecule has 4 saturated carbocycles. The molecule has 4 bridgehead atoms. The molecule has 4 fully saturated rings. The maximum atomic E-state index is 11.8. The number of esters is 1. The first-order valence-corrected chi connectivity index (χ1v) is 5.96. The molecule has 3 nitrogen and oxygen atoms in total. The van der Waals surface area contributed by atoms with Crippen LogP contribution in [0.2, 0.25) is 0 Å². The number of unbranched alkanes of at least 4 members (excludes halogenated alkanes) is 1. The average molecular weight is 208 g/mol. The van der Waals surface area contributed by atoms with Gasteiger partial charge in [-0.3, -0.25) is 9.59 Å². The summed E-state index contributed by atoms with van der Waals surface area (Å²) in [4.78, 5) is 23.4. The maximum Gasteiger partial charge on any atom is 0.309 e. The average Bonchev–Trinajstić information content (AvgIpc) is 2.55. The van der Waals surface area contributed by atoms with Gasteiger partial charge < -0.3 is 4.74 Å². The highest BCUT2D eigenvalue weighted by molar-refractivity contribution is 5.98. The van der Waals surface area contributed by atoms with Gasteiger partial charge in [-0.05, 0) is 24.7 Å². The van der Waals surface area contributed by atoms with Crippen LogP contribution in [0, 0.1) is 29.6 Å². The van der Waals surface area contributed by atoms with Gasteiger partial charge in [0.1, 0.15) is 5.78 Å². The van der Waals surface area contributed by atoms with Crippen molar-refractivity contribution >= 4 is 11.8 Å². The van der Waals surface area contributed by atoms with E-state index in [1.165, 1.54) is 0 Å². The number of hydrogen-bond donors (Lipinski definition) is 0. The number of hydrogen-bond acceptors (Lipinski definition) is 3. The Balaban J connectivity index is 1.61. The van der Waals surface area contributed by atoms with Gasteiger partial charge >= 0.3 is 5.97 Å². The molecule has 4 rings (SSSR count). The predicted molar refractivity (Wildman–Crippen MR) is 52.9 cm³/mol. The van der Waals surface area contributed by atoms with E-state index in [1.807, 2.05) is 0 Å². The van der Waals surface area contributed by atoms with Crippen LogP contribution in [0.15, 0.2) is 0 Å². The van der Waals surface area contributed by atoms with E-state index in [0.29, 0.717) is 24.2 Å². The van der Waals surface area contributed by atoms with E-state index in [2.05, 4.69) is 6.92 Å². The second-order valence-corrected chi connectivity index (χ2v) is 5.06. The van der Waals surface area contributed by atoms with Gasteiger partial charge in [-0.2, -0.15) is 0 Å². The van der Waals surface area contributed by atoms with E-state index in [9.17, 15) is 9.59 Å². The van der Waals surface area contributed by atoms with Crippen LogP contribution in [0.3, 0.4) is 0 Å². The molecule has 0 aromatic heterocycles. The zero-order valence-electron chi connectivity index (χ0n) is 8.94. The van der Waals surface area contributed by atoms with Crippen LogP contribution >= 0.6 is 0 Å². The van der Waals surface area contributed by atoms with Crippen LogP contribution in [0.4, 0.5) is 0 Å². The number of Topliss-reactive ketones (excluding diaryl/α,β-unsaturated/α-hetero) is 1. The number of rotatable bonds is 4. The Bertz CT molecular complexity index is 323. The normalized spacial score (nSPS) is 44.6. The molecule has 4 unspecified atom stereocenters. The van der Waals surface area contributed by atoms with Crippen molar-refractivity contribution in [3.8, 4) is 0 Å². The summed E-state index contributed by atoms with van der Waals surface area (Å²) in [5, 5.41) is 0. The van der Waals surface area contributed by atoms with Crippen LogP contribution in [-0.4, -0.2) is 18.4 Å². The van der Waals surface area contributed by atoms with E-state index >= 15 is 0 Å². The highest BCUT2D eigenvalue weighted by Gasteiger charge is 2.75. The molecule has 0 aromatic carbocycles. The minimum absolute atomic E-state index is 0.0270. The second kappa shape index (κ2) is 3.06. The lowest BCUT2D eigenvalue weighted by Gasteiger charge is -2.12. The molecule has 0 N–H and O–H groups in total. The molecule has 0 heterocycles. The van der Waals surface area contributed by atoms with Crippen molar-refractivity contribution in [1.82, 2.24) is 0 Å². The topological polar surface area (TPSA) is 43.4 Å². The lowest BCUT2D eigenvalue weighted by atomic mass is 9.98. The number of ketones is 1. The maximum absolute atomic E-state index is 11.8. The molecule has 4 aliphatic carbocycles. The monoisotopic (exact) mass is 208 g/mol. The third kappa shape index (κ3) is 1.12. The van der Waals surface area contributed by atoms with Crippen molar-refractivity contribution in [1.29, 1.82) is 0 Å². The Morgan fingerprint density at radius 1 is 1.53 bits per heavy atom. The minimum atomic E-state index is -0.103. The first kappa shape index (κ1) is 9.37. The third-order valence-corrected chi connectivity index (χ3v) is 4.31. The fourth-order valence-corrected chi connectivity index (χ4v) is 3.58. The molecule has 0 spiro atoms. The summed E-state index contributed by atoms with van der Waals surface area (Å²) in [5.41, 5.74) is 0. The van der Waals surface area contributed by atoms with Gasteiger partial charge in [0.25, 0.3) is 0 Å². The van der Waals surface area contributed by atoms with Crippen molar-refractivity contribution in [3.05, 3.63) is 0 Å². The molecular weight excluding hydrogens is 192 g/mol. The quantitative estimate of drug-likeness (QED) is 0.518. The van der Waals surface area contributed by atoms with Crippen LogP contribution in [0.1, 0.15) is 26.2 Å². The summed E-state index contributed by atoms with van der Waals surface area (Å²) >= 11 is 0. The van der Waals surface area contributed by atoms with E-state index in [1.54, 1.807) is 0 Å². The Morgan fingerprint density at radius 3 is 2.80 bits per heavy atom. The second-order valence-electron chi connectivity index (χ2n) is 5.06. The van der Waals surface area contributed by atoms with Crippen molar-refractivity contribution in [2.24, 2.45) is 29.6 Å². The van der Waals surface area contributed by atoms with Crippen LogP contribution in [0.25, 0.3) is 0 Å². The van der Waals surface area contributed by atoms with Crippen LogP contribution in [-0.2, 0) is 14.3 Å². The van der Waals surface area contributed by atoms with Crippen molar-refractivity contribution in [3.63, 3.8) is 0 Å². The minimum Gasteiger partial charge on any atom is -0.465 e. The Labute approximate surface area is 89.2 Å². The molecule has 0 amide bonds. The number of carbonyl (C=O) groups is 2. The van der Waals surface area contributed by atoms with Crippen molar-refractivity contribution in [2.45, 2.75) is 26.2 Å². The number of ether oxygens (including phenoxy) is 1. The van der Waals surface area contributed by atoms with Crippen LogP contribution in [0.5, 0.6) is 0 Å². The van der Waals surface area contributed by atoms with Crippen molar-refractivity contribution in [2.75, 3.05) is 6.61 Å². The Kier molecular flexibility index (Phi) is 1.91. The lowest BCUT2D eigenvalue weighted by Crippen LogP contribution is -2.23. The summed E-state index contributed by atoms with van der Waals surface area (Å²) in [6.45, 7) is 2.59. The Morgan fingerprint density at radius 2 is 2.33 bits per heavy atom. The van der Waals surface area contributed by atoms with Gasteiger partial charge in [-0.25, -0.2) is 0 Å². The fraction of sp³-hybridized carbons (Fsp3) is 0.833. The molecule has 0 radical (unpaired) electrons. The van der Waals surface area contributed by atoms with E-state index in [4.69, 9.17) is 4.74 Å². The first-order chi connectivity index (χ1) is 7.25. The smallest absolute Gasteiger partial charge is 0.309 e. The SMILES string of the molecule is CCCCOC(=O)[C@@H]1C2CC3C(C2=O)C31. The van der Waals surface area contributed by atoms with Crippen molar-refractivity contribution < 1.29 is 14.3 Å². The molecule has 3 heteroatoms. The predicted octanol–water partition coefficient (Wildman–Crippen LogP) is 1.41. The summed E-state index contributed by atoms with van der Waals surface area (Å²) in [6, 6.07) is 0. The van der Waals surface area contributed by atoms with E-state index in [0.717, 1.165) is 19.3 Å². The zero-order valence-corrected chi connectivity index (χ0v) is 8.94. The van der Waals surface area contributed by atoms with E-state index in [-0.39, 0.29) is 23.7 Å². The third-order valence-electron chi connectivity index (χ3n) is 4.31. The summed E-state index contributed by atoms with van der Waals surface area (Å²) in [7, 11) is 0. The van der Waals surface area contributed by atoms with Gasteiger partial charge in [0.15, 0.2) is 0 Å². The Hall–Kier alpha value is -0.860. The van der Waals surface area contributed by atoms with Gasteiger partial charge in [-0.15, -0.1) is 0 Å². The van der Waals surface area contributed by atoms with Gasteiger partial charge in [-0.1, -0.05) is 13.3 Å². The molecular formula is C12H16O3. The zero-order chi connectivity index (χ0) is 10.6. The first-order valence-electron chi connectivity index (χ1n) is 5.96. The standard InChI is InChI=1S/C12H16O3/c1-2-3-4-15-12(14)10-7-5-6-8(10)9(6)11(7)13/h6-10H,2-5H2,1H3/t6?,7?,8?,9?,10-/m1/s1. The summed E-state index contributed by atoms with van der Waals surface area (Å²) in [6.07, 6.45) is 2.92. The summed E-state index contributed by atoms with van der Waals surface area (Å²) in [5.74, 6) is 1.38. The van der Waals surface area contributed by atoms with Gasteiger partial charge in [0.05, 0.1) is 12.5 Å². The summed E-state index contributed by atoms with van der Waals surface area (Å²) < 4.78 is 5.22. The fourth-order valence-electron chi connectivity index (χ4n) is 3.58. The van der Waals surface area contributed by atoms with Gasteiger partial charge in [0.2, 0.25) is 0 Å². The highest BCUT2D eigenvalue weighted by atomic mass is 16.5. The van der Waals surface area contributed by atoms with E-state index < -0.39 is 0 Å². The largest absolute Gasteiger partial charge is 0.465 e. The number of carbonyl (C=O) groups excluding carboxylic acids is 2. The molecule has 0 aliphatic heterocycles. The lowest BCUT2D eigenvalue weighted by molar-refractivity contribution is -0.151. The molecule has 4 aliphatic rings.